The Labute approximate surface area is 108 Å². The number of nitrogens with zero attached hydrogens (tertiary/aromatic N) is 1. The van der Waals surface area contributed by atoms with Crippen LogP contribution < -0.4 is 0 Å². The number of hydrogen-bond acceptors (Lipinski definition) is 0. The number of hydrogen-bond donors (Lipinski definition) is 0. The van der Waals surface area contributed by atoms with Gasteiger partial charge in [-0.25, -0.2) is 8.78 Å². The summed E-state index contributed by atoms with van der Waals surface area (Å²) in [6, 6.07) is 9.18. The van der Waals surface area contributed by atoms with Gasteiger partial charge in [0.2, 0.25) is 0 Å². The minimum atomic E-state index is -0.304. The molecule has 1 aromatic heterocycles. The van der Waals surface area contributed by atoms with E-state index < -0.39 is 0 Å². The molecule has 4 heteroatoms. The molecule has 0 atom stereocenters. The predicted molar refractivity (Wildman–Crippen MR) is 70.1 cm³/mol. The second-order valence-corrected chi connectivity index (χ2v) is 4.54. The summed E-state index contributed by atoms with van der Waals surface area (Å²) in [4.78, 5) is 0. The second kappa shape index (κ2) is 4.25. The van der Waals surface area contributed by atoms with Gasteiger partial charge in [0.1, 0.15) is 11.6 Å². The van der Waals surface area contributed by atoms with E-state index in [1.165, 1.54) is 24.3 Å². The Hall–Kier alpha value is -1.61. The SMILES string of the molecule is Fc1ccc2c3ccc(F)cc3n(CCCl)c2c1. The van der Waals surface area contributed by atoms with Gasteiger partial charge in [0, 0.05) is 23.2 Å². The van der Waals surface area contributed by atoms with Crippen LogP contribution in [0.25, 0.3) is 21.8 Å². The van der Waals surface area contributed by atoms with Crippen molar-refractivity contribution in [1.82, 2.24) is 4.57 Å². The first kappa shape index (κ1) is 11.5. The maximum absolute atomic E-state index is 13.3. The van der Waals surface area contributed by atoms with Crippen molar-refractivity contribution in [3.8, 4) is 0 Å². The highest BCUT2D eigenvalue weighted by molar-refractivity contribution is 6.18. The molecule has 3 rings (SSSR count). The molecule has 1 nitrogen and oxygen atoms in total. The lowest BCUT2D eigenvalue weighted by atomic mass is 10.1. The van der Waals surface area contributed by atoms with Crippen LogP contribution in [-0.2, 0) is 6.54 Å². The van der Waals surface area contributed by atoms with Gasteiger partial charge in [-0.2, -0.15) is 0 Å². The lowest BCUT2D eigenvalue weighted by Gasteiger charge is -2.04. The van der Waals surface area contributed by atoms with E-state index in [4.69, 9.17) is 11.6 Å². The van der Waals surface area contributed by atoms with Crippen LogP contribution in [0.15, 0.2) is 36.4 Å². The molecule has 0 spiro atoms. The Balaban J connectivity index is 2.48. The zero-order valence-corrected chi connectivity index (χ0v) is 10.2. The second-order valence-electron chi connectivity index (χ2n) is 4.16. The average molecular weight is 266 g/mol. The first-order valence-electron chi connectivity index (χ1n) is 5.63. The number of halogens is 3. The Morgan fingerprint density at radius 2 is 1.39 bits per heavy atom. The standard InChI is InChI=1S/C14H10ClF2N/c15-5-6-18-13-7-9(16)1-3-11(13)12-4-2-10(17)8-14(12)18/h1-4,7-8H,5-6H2. The lowest BCUT2D eigenvalue weighted by molar-refractivity contribution is 0.627. The highest BCUT2D eigenvalue weighted by atomic mass is 35.5. The summed E-state index contributed by atoms with van der Waals surface area (Å²) < 4.78 is 28.5. The molecule has 0 aliphatic carbocycles. The Morgan fingerprint density at radius 3 is 1.83 bits per heavy atom. The number of rotatable bonds is 2. The van der Waals surface area contributed by atoms with Crippen molar-refractivity contribution in [3.63, 3.8) is 0 Å². The van der Waals surface area contributed by atoms with Gasteiger partial charge in [0.05, 0.1) is 11.0 Å². The first-order chi connectivity index (χ1) is 8.70. The van der Waals surface area contributed by atoms with E-state index >= 15 is 0 Å². The average Bonchev–Trinajstić information content (AvgIpc) is 2.63. The van der Waals surface area contributed by atoms with Gasteiger partial charge in [-0.1, -0.05) is 0 Å². The van der Waals surface area contributed by atoms with Crippen LogP contribution in [0, 0.1) is 11.6 Å². The lowest BCUT2D eigenvalue weighted by Crippen LogP contribution is -1.98. The Kier molecular flexibility index (Phi) is 2.71. The van der Waals surface area contributed by atoms with Gasteiger partial charge in [-0.05, 0) is 36.4 Å². The predicted octanol–water partition coefficient (Wildman–Crippen LogP) is 4.31. The molecule has 0 N–H and O–H groups in total. The quantitative estimate of drug-likeness (QED) is 0.609. The van der Waals surface area contributed by atoms with Crippen LogP contribution >= 0.6 is 11.6 Å². The van der Waals surface area contributed by atoms with Gasteiger partial charge in [-0.15, -0.1) is 11.6 Å². The molecule has 0 aliphatic rings. The maximum atomic E-state index is 13.3. The molecule has 18 heavy (non-hydrogen) atoms. The van der Waals surface area contributed by atoms with E-state index in [0.717, 1.165) is 21.8 Å². The summed E-state index contributed by atoms with van der Waals surface area (Å²) in [6.07, 6.45) is 0. The van der Waals surface area contributed by atoms with Gasteiger partial charge in [-0.3, -0.25) is 0 Å². The summed E-state index contributed by atoms with van der Waals surface area (Å²) in [7, 11) is 0. The molecule has 0 saturated heterocycles. The largest absolute Gasteiger partial charge is 0.339 e. The molecule has 0 saturated carbocycles. The third-order valence-electron chi connectivity index (χ3n) is 3.10. The van der Waals surface area contributed by atoms with Crippen molar-refractivity contribution in [2.75, 3.05) is 5.88 Å². The molecular formula is C14H10ClF2N. The fourth-order valence-electron chi connectivity index (χ4n) is 2.37. The molecule has 1 heterocycles. The first-order valence-corrected chi connectivity index (χ1v) is 6.17. The summed E-state index contributed by atoms with van der Waals surface area (Å²) in [5, 5.41) is 1.83. The topological polar surface area (TPSA) is 4.93 Å². The van der Waals surface area contributed by atoms with Crippen molar-refractivity contribution in [2.45, 2.75) is 6.54 Å². The van der Waals surface area contributed by atoms with Crippen LogP contribution in [0.4, 0.5) is 8.78 Å². The Morgan fingerprint density at radius 1 is 0.889 bits per heavy atom. The fraction of sp³-hybridized carbons (Fsp3) is 0.143. The van der Waals surface area contributed by atoms with Crippen molar-refractivity contribution in [1.29, 1.82) is 0 Å². The Bertz CT molecular complexity index is 674. The molecule has 0 radical (unpaired) electrons. The normalized spacial score (nSPS) is 11.5. The van der Waals surface area contributed by atoms with Crippen LogP contribution in [0.5, 0.6) is 0 Å². The van der Waals surface area contributed by atoms with E-state index in [0.29, 0.717) is 12.4 Å². The van der Waals surface area contributed by atoms with E-state index in [1.54, 1.807) is 12.1 Å². The monoisotopic (exact) mass is 265 g/mol. The molecule has 0 bridgehead atoms. The highest BCUT2D eigenvalue weighted by Crippen LogP contribution is 2.30. The molecule has 0 unspecified atom stereocenters. The summed E-state index contributed by atoms with van der Waals surface area (Å²) in [5.74, 6) is -0.213. The minimum Gasteiger partial charge on any atom is -0.339 e. The number of fused-ring (bicyclic) bond motifs is 3. The van der Waals surface area contributed by atoms with Crippen molar-refractivity contribution in [3.05, 3.63) is 48.0 Å². The number of benzene rings is 2. The van der Waals surface area contributed by atoms with E-state index in [9.17, 15) is 8.78 Å². The molecule has 0 fully saturated rings. The van der Waals surface area contributed by atoms with Gasteiger partial charge in [0.25, 0.3) is 0 Å². The molecule has 92 valence electrons. The van der Waals surface area contributed by atoms with Gasteiger partial charge >= 0.3 is 0 Å². The van der Waals surface area contributed by atoms with Crippen molar-refractivity contribution < 1.29 is 8.78 Å². The number of aryl methyl sites for hydroxylation is 1. The fourth-order valence-corrected chi connectivity index (χ4v) is 2.54. The van der Waals surface area contributed by atoms with Crippen LogP contribution in [0.3, 0.4) is 0 Å². The van der Waals surface area contributed by atoms with Crippen LogP contribution in [0.2, 0.25) is 0 Å². The van der Waals surface area contributed by atoms with Crippen molar-refractivity contribution in [2.24, 2.45) is 0 Å². The van der Waals surface area contributed by atoms with E-state index in [-0.39, 0.29) is 11.6 Å². The van der Waals surface area contributed by atoms with E-state index in [2.05, 4.69) is 0 Å². The molecular weight excluding hydrogens is 256 g/mol. The van der Waals surface area contributed by atoms with Gasteiger partial charge in [0.15, 0.2) is 0 Å². The summed E-state index contributed by atoms with van der Waals surface area (Å²) in [5.41, 5.74) is 1.49. The zero-order chi connectivity index (χ0) is 12.7. The molecule has 0 aliphatic heterocycles. The van der Waals surface area contributed by atoms with Gasteiger partial charge < -0.3 is 4.57 Å². The minimum absolute atomic E-state index is 0.304. The van der Waals surface area contributed by atoms with Crippen LogP contribution in [0.1, 0.15) is 0 Å². The maximum Gasteiger partial charge on any atom is 0.125 e. The number of alkyl halides is 1. The van der Waals surface area contributed by atoms with Crippen LogP contribution in [-0.4, -0.2) is 10.4 Å². The highest BCUT2D eigenvalue weighted by Gasteiger charge is 2.11. The summed E-state index contributed by atoms with van der Waals surface area (Å²) >= 11 is 5.76. The molecule has 2 aromatic carbocycles. The van der Waals surface area contributed by atoms with Crippen molar-refractivity contribution >= 4 is 33.4 Å². The summed E-state index contributed by atoms with van der Waals surface area (Å²) in [6.45, 7) is 0.522. The molecule has 3 aromatic rings. The smallest absolute Gasteiger partial charge is 0.125 e. The zero-order valence-electron chi connectivity index (χ0n) is 9.46. The number of aromatic nitrogens is 1. The van der Waals surface area contributed by atoms with E-state index in [1.807, 2.05) is 4.57 Å². The molecule has 0 amide bonds. The third-order valence-corrected chi connectivity index (χ3v) is 3.27. The third kappa shape index (κ3) is 1.66.